The van der Waals surface area contributed by atoms with Crippen LogP contribution in [0.25, 0.3) is 0 Å². The Labute approximate surface area is 98.6 Å². The summed E-state index contributed by atoms with van der Waals surface area (Å²) in [5.41, 5.74) is 5.34. The standard InChI is InChI=1S/C10H23N3O2S/c1-12(2)10(5-4-6-10)9-13(3)16(14,15)8-7-11/h4-9,11H2,1-3H3. The number of hydrogen-bond acceptors (Lipinski definition) is 4. The Morgan fingerprint density at radius 2 is 1.81 bits per heavy atom. The largest absolute Gasteiger partial charge is 0.329 e. The van der Waals surface area contributed by atoms with Crippen molar-refractivity contribution in [1.82, 2.24) is 9.21 Å². The maximum absolute atomic E-state index is 11.8. The van der Waals surface area contributed by atoms with Crippen LogP contribution < -0.4 is 5.73 Å². The van der Waals surface area contributed by atoms with E-state index >= 15 is 0 Å². The predicted molar refractivity (Wildman–Crippen MR) is 65.7 cm³/mol. The van der Waals surface area contributed by atoms with Crippen LogP contribution in [0.4, 0.5) is 0 Å². The van der Waals surface area contributed by atoms with Crippen molar-refractivity contribution in [3.05, 3.63) is 0 Å². The Morgan fingerprint density at radius 1 is 1.25 bits per heavy atom. The molecule has 0 amide bonds. The molecule has 2 N–H and O–H groups in total. The number of nitrogens with zero attached hydrogens (tertiary/aromatic N) is 2. The first-order valence-corrected chi connectivity index (χ1v) is 7.26. The van der Waals surface area contributed by atoms with Gasteiger partial charge in [-0.1, -0.05) is 0 Å². The molecule has 0 spiro atoms. The average molecular weight is 249 g/mol. The molecule has 5 nitrogen and oxygen atoms in total. The summed E-state index contributed by atoms with van der Waals surface area (Å²) in [6.45, 7) is 0.754. The van der Waals surface area contributed by atoms with Crippen molar-refractivity contribution in [2.75, 3.05) is 40.0 Å². The number of likely N-dealkylation sites (N-methyl/N-ethyl adjacent to an activating group) is 2. The minimum atomic E-state index is -3.17. The highest BCUT2D eigenvalue weighted by Crippen LogP contribution is 2.36. The fraction of sp³-hybridized carbons (Fsp3) is 1.00. The molecule has 0 aromatic heterocycles. The third-order valence-corrected chi connectivity index (χ3v) is 5.43. The molecule has 1 aliphatic carbocycles. The average Bonchev–Trinajstić information content (AvgIpc) is 2.09. The Morgan fingerprint density at radius 3 is 2.12 bits per heavy atom. The Kier molecular flexibility index (Phi) is 4.34. The summed E-state index contributed by atoms with van der Waals surface area (Å²) in [4.78, 5) is 2.14. The molecule has 0 atom stereocenters. The first-order chi connectivity index (χ1) is 7.34. The van der Waals surface area contributed by atoms with Gasteiger partial charge in [0.1, 0.15) is 0 Å². The van der Waals surface area contributed by atoms with Gasteiger partial charge in [-0.05, 0) is 33.4 Å². The number of rotatable bonds is 6. The van der Waals surface area contributed by atoms with Gasteiger partial charge in [0.2, 0.25) is 10.0 Å². The van der Waals surface area contributed by atoms with Crippen LogP contribution in [-0.2, 0) is 10.0 Å². The second-order valence-corrected chi connectivity index (χ2v) is 7.03. The van der Waals surface area contributed by atoms with Gasteiger partial charge in [-0.2, -0.15) is 0 Å². The summed E-state index contributed by atoms with van der Waals surface area (Å²) in [5.74, 6) is 0.0347. The normalized spacial score (nSPS) is 20.1. The maximum atomic E-state index is 11.8. The molecule has 0 aliphatic heterocycles. The van der Waals surface area contributed by atoms with Gasteiger partial charge in [-0.25, -0.2) is 12.7 Å². The van der Waals surface area contributed by atoms with E-state index in [0.29, 0.717) is 6.54 Å². The molecule has 96 valence electrons. The van der Waals surface area contributed by atoms with E-state index in [9.17, 15) is 8.42 Å². The third-order valence-electron chi connectivity index (χ3n) is 3.60. The Balaban J connectivity index is 2.66. The van der Waals surface area contributed by atoms with Crippen molar-refractivity contribution in [2.45, 2.75) is 24.8 Å². The fourth-order valence-electron chi connectivity index (χ4n) is 2.15. The smallest absolute Gasteiger partial charge is 0.215 e. The van der Waals surface area contributed by atoms with Crippen LogP contribution in [0.2, 0.25) is 0 Å². The van der Waals surface area contributed by atoms with E-state index in [4.69, 9.17) is 5.73 Å². The van der Waals surface area contributed by atoms with Crippen LogP contribution in [0.1, 0.15) is 19.3 Å². The van der Waals surface area contributed by atoms with Crippen molar-refractivity contribution >= 4 is 10.0 Å². The van der Waals surface area contributed by atoms with Crippen LogP contribution in [0.5, 0.6) is 0 Å². The lowest BCUT2D eigenvalue weighted by atomic mass is 9.75. The minimum Gasteiger partial charge on any atom is -0.329 e. The van der Waals surface area contributed by atoms with E-state index in [1.54, 1.807) is 7.05 Å². The molecule has 0 heterocycles. The summed E-state index contributed by atoms with van der Waals surface area (Å²) in [6, 6.07) is 0. The monoisotopic (exact) mass is 249 g/mol. The zero-order valence-corrected chi connectivity index (χ0v) is 11.3. The second kappa shape index (κ2) is 5.00. The van der Waals surface area contributed by atoms with Gasteiger partial charge in [0.15, 0.2) is 0 Å². The Hall–Kier alpha value is -0.170. The maximum Gasteiger partial charge on any atom is 0.215 e. The number of hydrogen-bond donors (Lipinski definition) is 1. The molecule has 1 rings (SSSR count). The molecular formula is C10H23N3O2S. The third kappa shape index (κ3) is 2.74. The molecule has 1 aliphatic rings. The van der Waals surface area contributed by atoms with Gasteiger partial charge in [0.05, 0.1) is 5.75 Å². The second-order valence-electron chi connectivity index (χ2n) is 4.83. The highest BCUT2D eigenvalue weighted by molar-refractivity contribution is 7.89. The van der Waals surface area contributed by atoms with Crippen LogP contribution in [0.15, 0.2) is 0 Å². The molecule has 6 heteroatoms. The van der Waals surface area contributed by atoms with E-state index in [-0.39, 0.29) is 17.8 Å². The molecule has 0 saturated heterocycles. The first-order valence-electron chi connectivity index (χ1n) is 5.65. The van der Waals surface area contributed by atoms with Crippen LogP contribution in [-0.4, -0.2) is 63.1 Å². The Bertz CT molecular complexity index is 323. The van der Waals surface area contributed by atoms with Crippen molar-refractivity contribution < 1.29 is 8.42 Å². The van der Waals surface area contributed by atoms with E-state index in [1.807, 2.05) is 14.1 Å². The van der Waals surface area contributed by atoms with Gasteiger partial charge in [0, 0.05) is 25.7 Å². The summed E-state index contributed by atoms with van der Waals surface area (Å²) in [6.07, 6.45) is 3.33. The summed E-state index contributed by atoms with van der Waals surface area (Å²) < 4.78 is 25.1. The predicted octanol–water partition coefficient (Wildman–Crippen LogP) is -0.309. The van der Waals surface area contributed by atoms with Crippen molar-refractivity contribution in [2.24, 2.45) is 5.73 Å². The van der Waals surface area contributed by atoms with E-state index in [1.165, 1.54) is 10.7 Å². The van der Waals surface area contributed by atoms with Gasteiger partial charge in [-0.3, -0.25) is 0 Å². The van der Waals surface area contributed by atoms with Crippen molar-refractivity contribution in [3.8, 4) is 0 Å². The molecule has 0 aromatic carbocycles. The van der Waals surface area contributed by atoms with Gasteiger partial charge < -0.3 is 10.6 Å². The molecule has 0 radical (unpaired) electrons. The van der Waals surface area contributed by atoms with Crippen LogP contribution >= 0.6 is 0 Å². The molecule has 1 saturated carbocycles. The zero-order valence-electron chi connectivity index (χ0n) is 10.4. The number of sulfonamides is 1. The van der Waals surface area contributed by atoms with Crippen LogP contribution in [0, 0.1) is 0 Å². The molecular weight excluding hydrogens is 226 g/mol. The first kappa shape index (κ1) is 13.9. The fourth-order valence-corrected chi connectivity index (χ4v) is 3.20. The summed E-state index contributed by atoms with van der Waals surface area (Å²) in [7, 11) is 2.51. The quantitative estimate of drug-likeness (QED) is 0.701. The van der Waals surface area contributed by atoms with Crippen LogP contribution in [0.3, 0.4) is 0 Å². The highest BCUT2D eigenvalue weighted by atomic mass is 32.2. The SMILES string of the molecule is CN(C)C1(CN(C)S(=O)(=O)CCN)CCC1. The van der Waals surface area contributed by atoms with Gasteiger partial charge >= 0.3 is 0 Å². The molecule has 1 fully saturated rings. The summed E-state index contributed by atoms with van der Waals surface area (Å²) in [5, 5.41) is 0. The lowest BCUT2D eigenvalue weighted by Gasteiger charge is -2.48. The highest BCUT2D eigenvalue weighted by Gasteiger charge is 2.41. The topological polar surface area (TPSA) is 66.6 Å². The molecule has 0 bridgehead atoms. The zero-order chi connectivity index (χ0) is 12.4. The summed E-state index contributed by atoms with van der Waals surface area (Å²) >= 11 is 0. The minimum absolute atomic E-state index is 0.0347. The van der Waals surface area contributed by atoms with Gasteiger partial charge in [0.25, 0.3) is 0 Å². The van der Waals surface area contributed by atoms with E-state index < -0.39 is 10.0 Å². The lowest BCUT2D eigenvalue weighted by Crippen LogP contribution is -2.57. The van der Waals surface area contributed by atoms with E-state index in [2.05, 4.69) is 4.90 Å². The molecule has 0 unspecified atom stereocenters. The number of nitrogens with two attached hydrogens (primary N) is 1. The van der Waals surface area contributed by atoms with Crippen molar-refractivity contribution in [3.63, 3.8) is 0 Å². The molecule has 0 aromatic rings. The van der Waals surface area contributed by atoms with E-state index in [0.717, 1.165) is 12.8 Å². The lowest BCUT2D eigenvalue weighted by molar-refractivity contribution is 0.0455. The molecule has 16 heavy (non-hydrogen) atoms. The van der Waals surface area contributed by atoms with Crippen molar-refractivity contribution in [1.29, 1.82) is 0 Å². The van der Waals surface area contributed by atoms with Gasteiger partial charge in [-0.15, -0.1) is 0 Å².